The zero-order valence-electron chi connectivity index (χ0n) is 14.0. The van der Waals surface area contributed by atoms with Crippen molar-refractivity contribution in [3.8, 4) is 17.1 Å². The lowest BCUT2D eigenvalue weighted by molar-refractivity contribution is 0.377. The van der Waals surface area contributed by atoms with Crippen molar-refractivity contribution in [1.82, 2.24) is 0 Å². The molecular formula is C18H19N2O5P. The van der Waals surface area contributed by atoms with Crippen molar-refractivity contribution in [2.45, 2.75) is 6.54 Å². The molecule has 1 heterocycles. The van der Waals surface area contributed by atoms with Crippen LogP contribution in [0, 0.1) is 0 Å². The SMILES string of the molecule is COc1ccc(CNc2ccc(N)cc2)cc1-c1ccc(P(=O)(O)O)o1. The number of methoxy groups -OCH3 is 1. The van der Waals surface area contributed by atoms with Gasteiger partial charge in [0.05, 0.1) is 12.7 Å². The second-order valence-corrected chi connectivity index (χ2v) is 7.22. The van der Waals surface area contributed by atoms with E-state index in [0.29, 0.717) is 29.3 Å². The van der Waals surface area contributed by atoms with Gasteiger partial charge in [-0.2, -0.15) is 0 Å². The van der Waals surface area contributed by atoms with Gasteiger partial charge in [0.1, 0.15) is 11.5 Å². The van der Waals surface area contributed by atoms with Gasteiger partial charge in [-0.25, -0.2) is 0 Å². The van der Waals surface area contributed by atoms with E-state index in [9.17, 15) is 14.4 Å². The number of hydrogen-bond donors (Lipinski definition) is 4. The minimum absolute atomic E-state index is 0.328. The molecule has 0 aliphatic rings. The molecule has 0 saturated carbocycles. The van der Waals surface area contributed by atoms with E-state index in [4.69, 9.17) is 14.9 Å². The number of rotatable bonds is 6. The van der Waals surface area contributed by atoms with E-state index in [1.165, 1.54) is 19.2 Å². The fourth-order valence-corrected chi connectivity index (χ4v) is 2.98. The van der Waals surface area contributed by atoms with E-state index in [2.05, 4.69) is 5.32 Å². The lowest BCUT2D eigenvalue weighted by atomic mass is 10.1. The summed E-state index contributed by atoms with van der Waals surface area (Å²) in [7, 11) is -2.91. The molecule has 0 amide bonds. The molecule has 26 heavy (non-hydrogen) atoms. The van der Waals surface area contributed by atoms with Crippen LogP contribution in [0.4, 0.5) is 11.4 Å². The van der Waals surface area contributed by atoms with Crippen molar-refractivity contribution in [1.29, 1.82) is 0 Å². The maximum Gasteiger partial charge on any atom is 0.391 e. The van der Waals surface area contributed by atoms with Crippen LogP contribution in [0.1, 0.15) is 5.56 Å². The van der Waals surface area contributed by atoms with Crippen molar-refractivity contribution in [2.24, 2.45) is 0 Å². The van der Waals surface area contributed by atoms with Gasteiger partial charge in [-0.15, -0.1) is 0 Å². The van der Waals surface area contributed by atoms with Gasteiger partial charge in [0, 0.05) is 17.9 Å². The lowest BCUT2D eigenvalue weighted by Crippen LogP contribution is -2.01. The summed E-state index contributed by atoms with van der Waals surface area (Å²) in [5, 5.41) is 3.28. The Hall–Kier alpha value is -2.73. The molecule has 5 N–H and O–H groups in total. The molecule has 3 aromatic rings. The fraction of sp³-hybridized carbons (Fsp3) is 0.111. The predicted octanol–water partition coefficient (Wildman–Crippen LogP) is 2.95. The largest absolute Gasteiger partial charge is 0.496 e. The summed E-state index contributed by atoms with van der Waals surface area (Å²) in [6.45, 7) is 0.549. The summed E-state index contributed by atoms with van der Waals surface area (Å²) < 4.78 is 22.0. The molecular weight excluding hydrogens is 355 g/mol. The Labute approximate surface area is 150 Å². The van der Waals surface area contributed by atoms with Crippen molar-refractivity contribution in [2.75, 3.05) is 18.2 Å². The Morgan fingerprint density at radius 1 is 1.12 bits per heavy atom. The van der Waals surface area contributed by atoms with Gasteiger partial charge >= 0.3 is 7.60 Å². The van der Waals surface area contributed by atoms with Crippen molar-refractivity contribution in [3.63, 3.8) is 0 Å². The number of nitrogens with two attached hydrogens (primary N) is 1. The van der Waals surface area contributed by atoms with Crippen molar-refractivity contribution >= 4 is 24.5 Å². The highest BCUT2D eigenvalue weighted by Gasteiger charge is 2.23. The first kappa shape index (κ1) is 18.1. The van der Waals surface area contributed by atoms with E-state index < -0.39 is 7.60 Å². The average molecular weight is 374 g/mol. The number of hydrogen-bond acceptors (Lipinski definition) is 5. The topological polar surface area (TPSA) is 118 Å². The monoisotopic (exact) mass is 374 g/mol. The van der Waals surface area contributed by atoms with Crippen molar-refractivity contribution < 1.29 is 23.5 Å². The highest BCUT2D eigenvalue weighted by molar-refractivity contribution is 7.59. The van der Waals surface area contributed by atoms with Crippen LogP contribution in [0.5, 0.6) is 5.75 Å². The Morgan fingerprint density at radius 2 is 1.85 bits per heavy atom. The summed E-state index contributed by atoms with van der Waals surface area (Å²) in [5.74, 6) is 0.877. The Morgan fingerprint density at radius 3 is 2.46 bits per heavy atom. The second kappa shape index (κ2) is 7.25. The third kappa shape index (κ3) is 4.08. The van der Waals surface area contributed by atoms with Crippen LogP contribution >= 0.6 is 7.60 Å². The van der Waals surface area contributed by atoms with Crippen molar-refractivity contribution in [3.05, 3.63) is 60.2 Å². The summed E-state index contributed by atoms with van der Waals surface area (Å²) >= 11 is 0. The third-order valence-electron chi connectivity index (χ3n) is 3.82. The van der Waals surface area contributed by atoms with Gasteiger partial charge in [-0.3, -0.25) is 4.57 Å². The number of nitrogen functional groups attached to an aromatic ring is 1. The molecule has 8 heteroatoms. The van der Waals surface area contributed by atoms with E-state index in [1.807, 2.05) is 36.4 Å². The Balaban J connectivity index is 1.85. The van der Waals surface area contributed by atoms with Crippen LogP contribution in [0.3, 0.4) is 0 Å². The number of nitrogens with one attached hydrogen (secondary N) is 1. The minimum Gasteiger partial charge on any atom is -0.496 e. The van der Waals surface area contributed by atoms with E-state index in [-0.39, 0.29) is 5.50 Å². The third-order valence-corrected chi connectivity index (χ3v) is 4.63. The minimum atomic E-state index is -4.44. The summed E-state index contributed by atoms with van der Waals surface area (Å²) in [6.07, 6.45) is 0. The molecule has 0 radical (unpaired) electrons. The van der Waals surface area contributed by atoms with Gasteiger partial charge in [0.25, 0.3) is 0 Å². The molecule has 0 bridgehead atoms. The van der Waals surface area contributed by atoms with Crippen LogP contribution in [0.15, 0.2) is 59.0 Å². The maximum absolute atomic E-state index is 11.3. The van der Waals surface area contributed by atoms with Gasteiger partial charge < -0.3 is 30.0 Å². The van der Waals surface area contributed by atoms with Gasteiger partial charge in [0.2, 0.25) is 5.50 Å². The molecule has 0 fully saturated rings. The number of furan rings is 1. The lowest BCUT2D eigenvalue weighted by Gasteiger charge is -2.11. The molecule has 0 aliphatic heterocycles. The molecule has 3 rings (SSSR count). The molecule has 7 nitrogen and oxygen atoms in total. The Bertz CT molecular complexity index is 946. The van der Waals surface area contributed by atoms with E-state index >= 15 is 0 Å². The first-order valence-electron chi connectivity index (χ1n) is 7.79. The van der Waals surface area contributed by atoms with Crippen LogP contribution in [0.25, 0.3) is 11.3 Å². The quantitative estimate of drug-likeness (QED) is 0.387. The van der Waals surface area contributed by atoms with Crippen LogP contribution < -0.4 is 21.3 Å². The first-order valence-corrected chi connectivity index (χ1v) is 9.41. The second-order valence-electron chi connectivity index (χ2n) is 5.69. The maximum atomic E-state index is 11.3. The first-order chi connectivity index (χ1) is 12.4. The Kier molecular flexibility index (Phi) is 5.04. The van der Waals surface area contributed by atoms with Crippen LogP contribution in [-0.4, -0.2) is 16.9 Å². The molecule has 0 aliphatic carbocycles. The highest BCUT2D eigenvalue weighted by Crippen LogP contribution is 2.37. The van der Waals surface area contributed by atoms with Gasteiger partial charge in [-0.05, 0) is 54.1 Å². The molecule has 0 saturated heterocycles. The smallest absolute Gasteiger partial charge is 0.391 e. The van der Waals surface area contributed by atoms with Crippen LogP contribution in [-0.2, 0) is 11.1 Å². The number of benzene rings is 2. The summed E-state index contributed by atoms with van der Waals surface area (Å²) in [4.78, 5) is 18.5. The van der Waals surface area contributed by atoms with Gasteiger partial charge in [0.15, 0.2) is 0 Å². The fourth-order valence-electron chi connectivity index (χ4n) is 2.49. The normalized spacial score (nSPS) is 11.3. The van der Waals surface area contributed by atoms with Gasteiger partial charge in [-0.1, -0.05) is 6.07 Å². The standard InChI is InChI=1S/C18H19N2O5P/c1-24-16-7-2-12(11-20-14-5-3-13(19)4-6-14)10-15(16)17-8-9-18(25-17)26(21,22)23/h2-10,20H,11,19H2,1H3,(H2,21,22,23). The molecule has 2 aromatic carbocycles. The zero-order chi connectivity index (χ0) is 18.7. The molecule has 0 spiro atoms. The van der Waals surface area contributed by atoms with Crippen LogP contribution in [0.2, 0.25) is 0 Å². The summed E-state index contributed by atoms with van der Waals surface area (Å²) in [6, 6.07) is 15.7. The average Bonchev–Trinajstić information content (AvgIpc) is 3.11. The summed E-state index contributed by atoms with van der Waals surface area (Å²) in [5.41, 5.74) is 8.49. The molecule has 0 atom stereocenters. The molecule has 136 valence electrons. The van der Waals surface area contributed by atoms with E-state index in [0.717, 1.165) is 11.3 Å². The number of ether oxygens (including phenoxy) is 1. The van der Waals surface area contributed by atoms with E-state index in [1.54, 1.807) is 6.07 Å². The number of anilines is 2. The zero-order valence-corrected chi connectivity index (χ0v) is 14.9. The molecule has 1 aromatic heterocycles. The highest BCUT2D eigenvalue weighted by atomic mass is 31.2. The predicted molar refractivity (Wildman–Crippen MR) is 101 cm³/mol. The molecule has 0 unspecified atom stereocenters.